The first-order valence-corrected chi connectivity index (χ1v) is 10.0. The minimum Gasteiger partial charge on any atom is -0.379 e. The van der Waals surface area contributed by atoms with Gasteiger partial charge in [-0.15, -0.1) is 0 Å². The molecule has 2 aromatic carbocycles. The molecule has 0 radical (unpaired) electrons. The first-order valence-electron chi connectivity index (χ1n) is 10.0. The molecular weight excluding hydrogens is 369 g/mol. The zero-order valence-electron chi connectivity index (χ0n) is 16.4. The molecule has 1 saturated heterocycles. The van der Waals surface area contributed by atoms with Gasteiger partial charge in [-0.1, -0.05) is 24.3 Å². The topological polar surface area (TPSA) is 50.5 Å². The second kappa shape index (κ2) is 6.97. The summed E-state index contributed by atoms with van der Waals surface area (Å²) in [7, 11) is 0. The third-order valence-electron chi connectivity index (χ3n) is 6.15. The molecule has 150 valence electrons. The Morgan fingerprint density at radius 3 is 2.62 bits per heavy atom. The summed E-state index contributed by atoms with van der Waals surface area (Å²) < 4.78 is 22.0. The molecule has 6 heteroatoms. The van der Waals surface area contributed by atoms with Crippen LogP contribution in [0.5, 0.6) is 0 Å². The Kier molecular flexibility index (Phi) is 4.41. The third kappa shape index (κ3) is 3.03. The summed E-state index contributed by atoms with van der Waals surface area (Å²) in [5.74, 6) is -0.249. The van der Waals surface area contributed by atoms with Gasteiger partial charge in [0.15, 0.2) is 0 Å². The summed E-state index contributed by atoms with van der Waals surface area (Å²) >= 11 is 0. The van der Waals surface area contributed by atoms with Crippen LogP contribution in [0, 0.1) is 12.7 Å². The van der Waals surface area contributed by atoms with Crippen LogP contribution in [0.2, 0.25) is 0 Å². The van der Waals surface area contributed by atoms with Crippen molar-refractivity contribution in [1.29, 1.82) is 0 Å². The number of aryl methyl sites for hydroxylation is 1. The lowest BCUT2D eigenvalue weighted by molar-refractivity contribution is 0.0792. The van der Waals surface area contributed by atoms with E-state index in [9.17, 15) is 9.50 Å². The molecule has 2 aliphatic heterocycles. The Morgan fingerprint density at radius 2 is 1.90 bits per heavy atom. The maximum atomic E-state index is 14.7. The van der Waals surface area contributed by atoms with Gasteiger partial charge in [0.05, 0.1) is 37.5 Å². The predicted molar refractivity (Wildman–Crippen MR) is 109 cm³/mol. The van der Waals surface area contributed by atoms with Gasteiger partial charge in [0.2, 0.25) is 0 Å². The molecule has 3 heterocycles. The average molecular weight is 393 g/mol. The Bertz CT molecular complexity index is 1030. The highest BCUT2D eigenvalue weighted by molar-refractivity contribution is 5.50. The lowest BCUT2D eigenvalue weighted by Gasteiger charge is -2.30. The number of rotatable bonds is 3. The number of morpholine rings is 1. The van der Waals surface area contributed by atoms with Gasteiger partial charge in [-0.3, -0.25) is 0 Å². The third-order valence-corrected chi connectivity index (χ3v) is 6.15. The number of hydrogen-bond acceptors (Lipinski definition) is 4. The monoisotopic (exact) mass is 393 g/mol. The van der Waals surface area contributed by atoms with Crippen molar-refractivity contribution in [3.63, 3.8) is 0 Å². The summed E-state index contributed by atoms with van der Waals surface area (Å²) in [6, 6.07) is 13.0. The first kappa shape index (κ1) is 18.3. The largest absolute Gasteiger partial charge is 0.379 e. The number of halogens is 1. The number of ether oxygens (including phenoxy) is 1. The fourth-order valence-electron chi connectivity index (χ4n) is 4.55. The molecule has 2 aliphatic rings. The van der Waals surface area contributed by atoms with Crippen molar-refractivity contribution in [1.82, 2.24) is 9.55 Å². The minimum absolute atomic E-state index is 0.249. The number of anilines is 1. The Balaban J connectivity index is 1.49. The van der Waals surface area contributed by atoms with E-state index in [0.29, 0.717) is 17.7 Å². The van der Waals surface area contributed by atoms with Crippen molar-refractivity contribution in [3.8, 4) is 0 Å². The van der Waals surface area contributed by atoms with E-state index in [4.69, 9.17) is 4.74 Å². The molecule has 0 amide bonds. The normalized spacial score (nSPS) is 24.0. The van der Waals surface area contributed by atoms with Crippen LogP contribution in [-0.2, 0) is 10.3 Å². The molecule has 1 fully saturated rings. The van der Waals surface area contributed by atoms with Gasteiger partial charge in [-0.2, -0.15) is 0 Å². The maximum absolute atomic E-state index is 14.7. The van der Waals surface area contributed by atoms with Gasteiger partial charge < -0.3 is 19.3 Å². The second-order valence-electron chi connectivity index (χ2n) is 7.94. The number of fused-ring (bicyclic) bond motifs is 1. The summed E-state index contributed by atoms with van der Waals surface area (Å²) in [6.07, 6.45) is 3.74. The van der Waals surface area contributed by atoms with Gasteiger partial charge in [-0.05, 0) is 36.2 Å². The Labute approximate surface area is 169 Å². The molecule has 5 nitrogen and oxygen atoms in total. The molecule has 0 saturated carbocycles. The molecule has 3 aromatic rings. The lowest BCUT2D eigenvalue weighted by Crippen LogP contribution is -2.36. The van der Waals surface area contributed by atoms with Gasteiger partial charge in [0.25, 0.3) is 0 Å². The van der Waals surface area contributed by atoms with Crippen molar-refractivity contribution in [3.05, 3.63) is 83.2 Å². The Morgan fingerprint density at radius 1 is 1.14 bits per heavy atom. The lowest BCUT2D eigenvalue weighted by atomic mass is 9.86. The predicted octanol–water partition coefficient (Wildman–Crippen LogP) is 3.40. The zero-order valence-corrected chi connectivity index (χ0v) is 16.4. The van der Waals surface area contributed by atoms with Crippen molar-refractivity contribution in [2.75, 3.05) is 31.2 Å². The van der Waals surface area contributed by atoms with Crippen molar-refractivity contribution in [2.45, 2.75) is 25.0 Å². The van der Waals surface area contributed by atoms with Crippen LogP contribution < -0.4 is 4.90 Å². The SMILES string of the molecule is Cc1ccc([C@H]2CC(O)(c3ccc(N4CCOCC4)cc3)c3cncn32)c(F)c1. The molecule has 0 aliphatic carbocycles. The molecule has 1 N–H and O–H groups in total. The van der Waals surface area contributed by atoms with Crippen LogP contribution in [0.3, 0.4) is 0 Å². The molecule has 1 unspecified atom stereocenters. The van der Waals surface area contributed by atoms with Crippen LogP contribution in [0.4, 0.5) is 10.1 Å². The van der Waals surface area contributed by atoms with Crippen LogP contribution >= 0.6 is 0 Å². The van der Waals surface area contributed by atoms with Gasteiger partial charge >= 0.3 is 0 Å². The number of nitrogens with zero attached hydrogens (tertiary/aromatic N) is 3. The van der Waals surface area contributed by atoms with E-state index in [1.165, 1.54) is 0 Å². The molecule has 2 atom stereocenters. The zero-order chi connectivity index (χ0) is 20.0. The molecule has 0 spiro atoms. The van der Waals surface area contributed by atoms with E-state index < -0.39 is 5.60 Å². The van der Waals surface area contributed by atoms with E-state index in [1.54, 1.807) is 18.6 Å². The molecule has 0 bridgehead atoms. The average Bonchev–Trinajstić information content (AvgIpc) is 3.33. The fourth-order valence-corrected chi connectivity index (χ4v) is 4.55. The quantitative estimate of drug-likeness (QED) is 0.741. The van der Waals surface area contributed by atoms with Crippen molar-refractivity contribution in [2.24, 2.45) is 0 Å². The number of aliphatic hydroxyl groups is 1. The Hall–Kier alpha value is -2.70. The standard InChI is InChI=1S/C23H24FN3O2/c1-16-2-7-19(20(24)12-16)21-13-23(28,22-14-25-15-27(21)22)17-3-5-18(6-4-17)26-8-10-29-11-9-26/h2-7,12,14-15,21,28H,8-11,13H2,1H3/t21-,23?/m1/s1. The summed E-state index contributed by atoms with van der Waals surface area (Å²) in [4.78, 5) is 6.52. The second-order valence-corrected chi connectivity index (χ2v) is 7.94. The van der Waals surface area contributed by atoms with Crippen LogP contribution in [0.1, 0.15) is 34.8 Å². The number of benzene rings is 2. The highest BCUT2D eigenvalue weighted by Gasteiger charge is 2.45. The fraction of sp³-hybridized carbons (Fsp3) is 0.348. The van der Waals surface area contributed by atoms with E-state index in [0.717, 1.165) is 43.1 Å². The number of aromatic nitrogens is 2. The summed E-state index contributed by atoms with van der Waals surface area (Å²) in [5.41, 5.74) is 2.86. The maximum Gasteiger partial charge on any atom is 0.133 e. The number of hydrogen-bond donors (Lipinski definition) is 1. The van der Waals surface area contributed by atoms with E-state index in [1.807, 2.05) is 47.9 Å². The van der Waals surface area contributed by atoms with Crippen molar-refractivity contribution < 1.29 is 14.2 Å². The molecule has 29 heavy (non-hydrogen) atoms. The molecular formula is C23H24FN3O2. The van der Waals surface area contributed by atoms with Gasteiger partial charge in [0.1, 0.15) is 11.4 Å². The smallest absolute Gasteiger partial charge is 0.133 e. The van der Waals surface area contributed by atoms with E-state index >= 15 is 0 Å². The van der Waals surface area contributed by atoms with E-state index in [2.05, 4.69) is 9.88 Å². The summed E-state index contributed by atoms with van der Waals surface area (Å²) in [6.45, 7) is 5.07. The highest BCUT2D eigenvalue weighted by atomic mass is 19.1. The first-order chi connectivity index (χ1) is 14.1. The van der Waals surface area contributed by atoms with Crippen LogP contribution in [-0.4, -0.2) is 41.0 Å². The molecule has 1 aromatic heterocycles. The molecule has 5 rings (SSSR count). The van der Waals surface area contributed by atoms with Gasteiger partial charge in [0, 0.05) is 30.8 Å². The highest BCUT2D eigenvalue weighted by Crippen LogP contribution is 2.47. The minimum atomic E-state index is -1.21. The van der Waals surface area contributed by atoms with E-state index in [-0.39, 0.29) is 11.9 Å². The summed E-state index contributed by atoms with van der Waals surface area (Å²) in [5, 5.41) is 11.7. The van der Waals surface area contributed by atoms with Gasteiger partial charge in [-0.25, -0.2) is 9.37 Å². The number of imidazole rings is 1. The van der Waals surface area contributed by atoms with Crippen LogP contribution in [0.25, 0.3) is 0 Å². The van der Waals surface area contributed by atoms with Crippen LogP contribution in [0.15, 0.2) is 55.0 Å². The van der Waals surface area contributed by atoms with Crippen molar-refractivity contribution >= 4 is 5.69 Å².